The lowest BCUT2D eigenvalue weighted by Gasteiger charge is -2.31. The Morgan fingerprint density at radius 2 is 1.88 bits per heavy atom. The highest BCUT2D eigenvalue weighted by Crippen LogP contribution is 2.33. The largest absolute Gasteiger partial charge is 0.300 e. The highest BCUT2D eigenvalue weighted by Gasteiger charge is 2.26. The Morgan fingerprint density at radius 3 is 2.73 bits per heavy atom. The average molecular weight is 366 g/mol. The first-order chi connectivity index (χ1) is 12.8. The summed E-state index contributed by atoms with van der Waals surface area (Å²) in [5.41, 5.74) is 3.98. The summed E-state index contributed by atoms with van der Waals surface area (Å²) >= 11 is 6.34. The second-order valence-electron chi connectivity index (χ2n) is 6.50. The van der Waals surface area contributed by atoms with E-state index in [1.54, 1.807) is 18.7 Å². The van der Waals surface area contributed by atoms with Crippen molar-refractivity contribution in [3.63, 3.8) is 0 Å². The molecule has 5 nitrogen and oxygen atoms in total. The second kappa shape index (κ2) is 7.89. The zero-order chi connectivity index (χ0) is 17.8. The zero-order valence-electron chi connectivity index (χ0n) is 14.3. The van der Waals surface area contributed by atoms with Gasteiger partial charge in [0.2, 0.25) is 0 Å². The van der Waals surface area contributed by atoms with E-state index in [9.17, 15) is 0 Å². The third-order valence-corrected chi connectivity index (χ3v) is 5.02. The molecule has 0 amide bonds. The number of aromatic nitrogens is 4. The van der Waals surface area contributed by atoms with Crippen molar-refractivity contribution in [3.05, 3.63) is 82.9 Å². The third-order valence-electron chi connectivity index (χ3n) is 4.70. The molecule has 6 heteroatoms. The third kappa shape index (κ3) is 3.89. The van der Waals surface area contributed by atoms with E-state index in [1.165, 1.54) is 0 Å². The van der Waals surface area contributed by atoms with Gasteiger partial charge in [0.15, 0.2) is 0 Å². The maximum absolute atomic E-state index is 6.34. The molecule has 0 aliphatic carbocycles. The fourth-order valence-electron chi connectivity index (χ4n) is 3.44. The number of nitrogens with zero attached hydrogens (tertiary/aromatic N) is 4. The van der Waals surface area contributed by atoms with Gasteiger partial charge in [-0.3, -0.25) is 9.97 Å². The van der Waals surface area contributed by atoms with Crippen LogP contribution >= 0.6 is 11.6 Å². The van der Waals surface area contributed by atoms with Crippen molar-refractivity contribution in [2.24, 2.45) is 0 Å². The topological polar surface area (TPSA) is 63.6 Å². The van der Waals surface area contributed by atoms with Crippen LogP contribution in [-0.2, 0) is 6.42 Å². The predicted octanol–water partition coefficient (Wildman–Crippen LogP) is 4.07. The van der Waals surface area contributed by atoms with Crippen molar-refractivity contribution < 1.29 is 0 Å². The monoisotopic (exact) mass is 365 g/mol. The Morgan fingerprint density at radius 1 is 0.962 bits per heavy atom. The summed E-state index contributed by atoms with van der Waals surface area (Å²) < 4.78 is 0. The fourth-order valence-corrected chi connectivity index (χ4v) is 3.69. The number of piperidine rings is 1. The van der Waals surface area contributed by atoms with Gasteiger partial charge in [-0.2, -0.15) is 0 Å². The Hall–Kier alpha value is -2.37. The molecule has 4 heterocycles. The summed E-state index contributed by atoms with van der Waals surface area (Å²) in [6, 6.07) is 12.3. The second-order valence-corrected chi connectivity index (χ2v) is 6.91. The van der Waals surface area contributed by atoms with Crippen LogP contribution in [0.4, 0.5) is 0 Å². The van der Waals surface area contributed by atoms with Crippen LogP contribution in [0, 0.1) is 0 Å². The Kier molecular flexibility index (Phi) is 5.18. The van der Waals surface area contributed by atoms with Crippen molar-refractivity contribution >= 4 is 11.6 Å². The molecule has 2 atom stereocenters. The summed E-state index contributed by atoms with van der Waals surface area (Å²) in [7, 11) is 0. The van der Waals surface area contributed by atoms with Crippen LogP contribution in [-0.4, -0.2) is 19.9 Å². The van der Waals surface area contributed by atoms with E-state index in [0.717, 1.165) is 47.1 Å². The van der Waals surface area contributed by atoms with E-state index in [-0.39, 0.29) is 12.1 Å². The highest BCUT2D eigenvalue weighted by atomic mass is 35.5. The van der Waals surface area contributed by atoms with Crippen molar-refractivity contribution in [1.82, 2.24) is 25.3 Å². The highest BCUT2D eigenvalue weighted by molar-refractivity contribution is 6.31. The minimum absolute atomic E-state index is 0.162. The normalized spacial score (nSPS) is 20.0. The van der Waals surface area contributed by atoms with Gasteiger partial charge in [0.1, 0.15) is 6.33 Å². The van der Waals surface area contributed by atoms with Gasteiger partial charge in [0.25, 0.3) is 0 Å². The molecule has 0 unspecified atom stereocenters. The molecule has 1 aliphatic heterocycles. The number of nitrogens with one attached hydrogen (secondary N) is 1. The Balaban J connectivity index is 1.52. The molecule has 132 valence electrons. The zero-order valence-corrected chi connectivity index (χ0v) is 15.1. The molecule has 1 aliphatic rings. The molecule has 0 radical (unpaired) electrons. The van der Waals surface area contributed by atoms with Crippen LogP contribution in [0.5, 0.6) is 0 Å². The van der Waals surface area contributed by atoms with Crippen molar-refractivity contribution in [2.45, 2.75) is 37.8 Å². The standard InChI is InChI=1S/C20H20ClN5/c21-16-5-3-10-23-20(16)19-8-2-7-18(26-19)17-6-1-4-15(25-17)12-14-9-11-22-13-24-14/h1,3-6,9-11,13,18-19,26H,2,7-8,12H2/t18-,19+/m1/s1. The number of hydrogen-bond donors (Lipinski definition) is 1. The van der Waals surface area contributed by atoms with Gasteiger partial charge in [-0.05, 0) is 49.6 Å². The van der Waals surface area contributed by atoms with Gasteiger partial charge < -0.3 is 5.32 Å². The Bertz CT molecular complexity index is 871. The van der Waals surface area contributed by atoms with Gasteiger partial charge in [-0.25, -0.2) is 9.97 Å². The van der Waals surface area contributed by atoms with Crippen LogP contribution in [0.15, 0.2) is 55.1 Å². The van der Waals surface area contributed by atoms with E-state index in [2.05, 4.69) is 32.4 Å². The maximum atomic E-state index is 6.34. The van der Waals surface area contributed by atoms with E-state index in [1.807, 2.05) is 24.3 Å². The van der Waals surface area contributed by atoms with E-state index in [0.29, 0.717) is 6.42 Å². The summed E-state index contributed by atoms with van der Waals surface area (Å²) in [6.07, 6.45) is 9.05. The molecule has 0 saturated carbocycles. The van der Waals surface area contributed by atoms with Gasteiger partial charge in [0, 0.05) is 36.2 Å². The van der Waals surface area contributed by atoms with Crippen LogP contribution in [0.2, 0.25) is 5.02 Å². The minimum atomic E-state index is 0.162. The summed E-state index contributed by atoms with van der Waals surface area (Å²) in [6.45, 7) is 0. The number of rotatable bonds is 4. The van der Waals surface area contributed by atoms with Crippen molar-refractivity contribution in [3.8, 4) is 0 Å². The first kappa shape index (κ1) is 17.1. The lowest BCUT2D eigenvalue weighted by molar-refractivity contribution is 0.321. The number of hydrogen-bond acceptors (Lipinski definition) is 5. The molecule has 1 saturated heterocycles. The molecule has 0 spiro atoms. The molecule has 4 rings (SSSR count). The van der Waals surface area contributed by atoms with Gasteiger partial charge in [-0.1, -0.05) is 17.7 Å². The van der Waals surface area contributed by atoms with Crippen LogP contribution < -0.4 is 5.32 Å². The maximum Gasteiger partial charge on any atom is 0.115 e. The van der Waals surface area contributed by atoms with Gasteiger partial charge >= 0.3 is 0 Å². The molecular weight excluding hydrogens is 346 g/mol. The van der Waals surface area contributed by atoms with Gasteiger partial charge in [-0.15, -0.1) is 0 Å². The van der Waals surface area contributed by atoms with Crippen molar-refractivity contribution in [2.75, 3.05) is 0 Å². The SMILES string of the molecule is Clc1cccnc1[C@@H]1CCC[C@H](c2cccc(Cc3ccncn3)n2)N1. The smallest absolute Gasteiger partial charge is 0.115 e. The van der Waals surface area contributed by atoms with Gasteiger partial charge in [0.05, 0.1) is 22.5 Å². The van der Waals surface area contributed by atoms with E-state index < -0.39 is 0 Å². The number of pyridine rings is 2. The lowest BCUT2D eigenvalue weighted by Crippen LogP contribution is -2.32. The van der Waals surface area contributed by atoms with E-state index >= 15 is 0 Å². The fraction of sp³-hybridized carbons (Fsp3) is 0.300. The molecule has 26 heavy (non-hydrogen) atoms. The molecular formula is C20H20ClN5. The predicted molar refractivity (Wildman–Crippen MR) is 101 cm³/mol. The molecule has 3 aromatic rings. The van der Waals surface area contributed by atoms with Crippen LogP contribution in [0.3, 0.4) is 0 Å². The van der Waals surface area contributed by atoms with E-state index in [4.69, 9.17) is 16.6 Å². The Labute approximate surface area is 157 Å². The van der Waals surface area contributed by atoms with Crippen molar-refractivity contribution in [1.29, 1.82) is 0 Å². The molecule has 1 N–H and O–H groups in total. The average Bonchev–Trinajstić information content (AvgIpc) is 2.69. The molecule has 3 aromatic heterocycles. The summed E-state index contributed by atoms with van der Waals surface area (Å²) in [5, 5.41) is 4.40. The molecule has 1 fully saturated rings. The lowest BCUT2D eigenvalue weighted by atomic mass is 9.94. The number of halogens is 1. The summed E-state index contributed by atoms with van der Waals surface area (Å²) in [5.74, 6) is 0. The first-order valence-electron chi connectivity index (χ1n) is 8.87. The molecule has 0 bridgehead atoms. The quantitative estimate of drug-likeness (QED) is 0.755. The first-order valence-corrected chi connectivity index (χ1v) is 9.24. The summed E-state index contributed by atoms with van der Waals surface area (Å²) in [4.78, 5) is 17.6. The molecule has 0 aromatic carbocycles. The van der Waals surface area contributed by atoms with Crippen LogP contribution in [0.25, 0.3) is 0 Å². The van der Waals surface area contributed by atoms with Crippen LogP contribution in [0.1, 0.15) is 54.1 Å². The minimum Gasteiger partial charge on any atom is -0.300 e.